The van der Waals surface area contributed by atoms with Crippen LogP contribution < -0.4 is 4.90 Å². The molecule has 0 aliphatic carbocycles. The van der Waals surface area contributed by atoms with Crippen LogP contribution in [-0.2, 0) is 0 Å². The van der Waals surface area contributed by atoms with Gasteiger partial charge in [0.25, 0.3) is 0 Å². The van der Waals surface area contributed by atoms with Gasteiger partial charge in [-0.2, -0.15) is 0 Å². The molecule has 0 spiro atoms. The average molecular weight is 236 g/mol. The number of carboxylic acid groups (broad SMARTS) is 1. The van der Waals surface area contributed by atoms with Crippen molar-refractivity contribution in [2.45, 2.75) is 19.6 Å². The summed E-state index contributed by atoms with van der Waals surface area (Å²) in [4.78, 5) is 16.4. The van der Waals surface area contributed by atoms with E-state index in [-0.39, 0.29) is 5.56 Å². The van der Waals surface area contributed by atoms with Gasteiger partial charge in [-0.15, -0.1) is 0 Å². The molecule has 0 unspecified atom stereocenters. The van der Waals surface area contributed by atoms with Gasteiger partial charge in [0.05, 0.1) is 5.56 Å². The van der Waals surface area contributed by atoms with Crippen molar-refractivity contribution in [3.05, 3.63) is 30.0 Å². The maximum atomic E-state index is 10.8. The molecular formula is C12H16N2O3. The van der Waals surface area contributed by atoms with E-state index < -0.39 is 11.7 Å². The van der Waals surface area contributed by atoms with Crippen LogP contribution in [0.3, 0.4) is 0 Å². The lowest BCUT2D eigenvalue weighted by Gasteiger charge is -2.32. The molecule has 5 heteroatoms. The summed E-state index contributed by atoms with van der Waals surface area (Å²) in [6.45, 7) is 6.85. The molecule has 17 heavy (non-hydrogen) atoms. The first-order valence-corrected chi connectivity index (χ1v) is 5.09. The van der Waals surface area contributed by atoms with E-state index in [1.54, 1.807) is 25.8 Å². The minimum Gasteiger partial charge on any atom is -0.478 e. The standard InChI is InChI=1S/C12H16N2O3/c1-5-8-6-9(11(15)16)7-13-10(8)14(4)12(2,3)17/h5-7,17H,1H2,2-4H3,(H,15,16). The fourth-order valence-corrected chi connectivity index (χ4v) is 1.28. The number of aromatic carboxylic acids is 1. The van der Waals surface area contributed by atoms with Crippen molar-refractivity contribution < 1.29 is 15.0 Å². The molecule has 0 bridgehead atoms. The van der Waals surface area contributed by atoms with E-state index in [0.29, 0.717) is 11.4 Å². The molecular weight excluding hydrogens is 220 g/mol. The van der Waals surface area contributed by atoms with Crippen molar-refractivity contribution in [3.63, 3.8) is 0 Å². The minimum absolute atomic E-state index is 0.0906. The summed E-state index contributed by atoms with van der Waals surface area (Å²) in [5, 5.41) is 18.7. The third-order valence-corrected chi connectivity index (χ3v) is 2.50. The first kappa shape index (κ1) is 13.2. The first-order chi connectivity index (χ1) is 7.77. The van der Waals surface area contributed by atoms with Gasteiger partial charge in [-0.25, -0.2) is 9.78 Å². The average Bonchev–Trinajstić information content (AvgIpc) is 2.25. The smallest absolute Gasteiger partial charge is 0.337 e. The summed E-state index contributed by atoms with van der Waals surface area (Å²) in [7, 11) is 1.68. The number of rotatable bonds is 4. The highest BCUT2D eigenvalue weighted by Crippen LogP contribution is 2.24. The van der Waals surface area contributed by atoms with Crippen molar-refractivity contribution in [1.82, 2.24) is 4.98 Å². The molecule has 0 aliphatic rings. The number of carboxylic acids is 1. The lowest BCUT2D eigenvalue weighted by atomic mass is 10.1. The lowest BCUT2D eigenvalue weighted by molar-refractivity contribution is 0.0696. The second kappa shape index (κ2) is 4.55. The van der Waals surface area contributed by atoms with Gasteiger partial charge in [0.1, 0.15) is 11.5 Å². The Morgan fingerprint density at radius 2 is 2.18 bits per heavy atom. The molecule has 0 radical (unpaired) electrons. The van der Waals surface area contributed by atoms with Gasteiger partial charge in [0.2, 0.25) is 0 Å². The summed E-state index contributed by atoms with van der Waals surface area (Å²) >= 11 is 0. The van der Waals surface area contributed by atoms with Crippen LogP contribution >= 0.6 is 0 Å². The van der Waals surface area contributed by atoms with E-state index >= 15 is 0 Å². The van der Waals surface area contributed by atoms with Crippen LogP contribution in [0.1, 0.15) is 29.8 Å². The van der Waals surface area contributed by atoms with Crippen molar-refractivity contribution >= 4 is 17.9 Å². The Hall–Kier alpha value is -1.88. The second-order valence-corrected chi connectivity index (χ2v) is 4.20. The van der Waals surface area contributed by atoms with Crippen LogP contribution in [0, 0.1) is 0 Å². The van der Waals surface area contributed by atoms with Crippen molar-refractivity contribution in [3.8, 4) is 0 Å². The Morgan fingerprint density at radius 1 is 1.59 bits per heavy atom. The molecule has 0 atom stereocenters. The Bertz CT molecular complexity index is 450. The largest absolute Gasteiger partial charge is 0.478 e. The monoisotopic (exact) mass is 236 g/mol. The third-order valence-electron chi connectivity index (χ3n) is 2.50. The summed E-state index contributed by atoms with van der Waals surface area (Å²) < 4.78 is 0. The summed E-state index contributed by atoms with van der Waals surface area (Å²) in [6, 6.07) is 1.47. The molecule has 92 valence electrons. The van der Waals surface area contributed by atoms with E-state index in [0.717, 1.165) is 0 Å². The summed E-state index contributed by atoms with van der Waals surface area (Å²) in [5.74, 6) is -0.560. The predicted octanol–water partition coefficient (Wildman–Crippen LogP) is 1.59. The molecule has 5 nitrogen and oxygen atoms in total. The molecule has 0 fully saturated rings. The molecule has 2 N–H and O–H groups in total. The van der Waals surface area contributed by atoms with E-state index in [1.807, 2.05) is 0 Å². The molecule has 0 amide bonds. The summed E-state index contributed by atoms with van der Waals surface area (Å²) in [6.07, 6.45) is 2.77. The zero-order valence-corrected chi connectivity index (χ0v) is 10.1. The van der Waals surface area contributed by atoms with E-state index in [9.17, 15) is 9.90 Å². The van der Waals surface area contributed by atoms with Gasteiger partial charge < -0.3 is 15.1 Å². The van der Waals surface area contributed by atoms with Crippen molar-refractivity contribution in [1.29, 1.82) is 0 Å². The predicted molar refractivity (Wildman–Crippen MR) is 66.0 cm³/mol. The molecule has 1 rings (SSSR count). The molecule has 1 heterocycles. The molecule has 1 aromatic heterocycles. The maximum absolute atomic E-state index is 10.8. The number of aromatic nitrogens is 1. The zero-order valence-electron chi connectivity index (χ0n) is 10.1. The highest BCUT2D eigenvalue weighted by atomic mass is 16.4. The van der Waals surface area contributed by atoms with Gasteiger partial charge in [-0.05, 0) is 19.9 Å². The van der Waals surface area contributed by atoms with Gasteiger partial charge in [-0.1, -0.05) is 12.7 Å². The van der Waals surface area contributed by atoms with Gasteiger partial charge in [-0.3, -0.25) is 0 Å². The summed E-state index contributed by atoms with van der Waals surface area (Å²) in [5.41, 5.74) is -0.433. The highest BCUT2D eigenvalue weighted by molar-refractivity contribution is 5.88. The number of carbonyl (C=O) groups is 1. The number of aliphatic hydroxyl groups is 1. The van der Waals surface area contributed by atoms with Crippen LogP contribution in [-0.4, -0.2) is 33.9 Å². The van der Waals surface area contributed by atoms with E-state index in [4.69, 9.17) is 5.11 Å². The quantitative estimate of drug-likeness (QED) is 0.776. The third kappa shape index (κ3) is 2.82. The van der Waals surface area contributed by atoms with Crippen LogP contribution in [0.25, 0.3) is 6.08 Å². The number of anilines is 1. The normalized spacial score (nSPS) is 11.1. The van der Waals surface area contributed by atoms with Crippen LogP contribution in [0.5, 0.6) is 0 Å². The van der Waals surface area contributed by atoms with Gasteiger partial charge in [0.15, 0.2) is 0 Å². The highest BCUT2D eigenvalue weighted by Gasteiger charge is 2.23. The Morgan fingerprint density at radius 3 is 2.59 bits per heavy atom. The molecule has 0 saturated carbocycles. The molecule has 1 aromatic rings. The van der Waals surface area contributed by atoms with Crippen molar-refractivity contribution in [2.75, 3.05) is 11.9 Å². The number of hydrogen-bond donors (Lipinski definition) is 2. The van der Waals surface area contributed by atoms with E-state index in [1.165, 1.54) is 18.3 Å². The Balaban J connectivity index is 3.27. The number of nitrogens with zero attached hydrogens (tertiary/aromatic N) is 2. The molecule has 0 saturated heterocycles. The lowest BCUT2D eigenvalue weighted by Crippen LogP contribution is -2.41. The Kier molecular flexibility index (Phi) is 3.53. The first-order valence-electron chi connectivity index (χ1n) is 5.09. The topological polar surface area (TPSA) is 73.7 Å². The second-order valence-electron chi connectivity index (χ2n) is 4.20. The number of pyridine rings is 1. The van der Waals surface area contributed by atoms with Gasteiger partial charge >= 0.3 is 5.97 Å². The fourth-order valence-electron chi connectivity index (χ4n) is 1.28. The Labute approximate surface area is 100 Å². The minimum atomic E-state index is -1.09. The maximum Gasteiger partial charge on any atom is 0.337 e. The van der Waals surface area contributed by atoms with Crippen LogP contribution in [0.4, 0.5) is 5.82 Å². The molecule has 0 aromatic carbocycles. The number of hydrogen-bond acceptors (Lipinski definition) is 4. The fraction of sp³-hybridized carbons (Fsp3) is 0.333. The SMILES string of the molecule is C=Cc1cc(C(=O)O)cnc1N(C)C(C)(C)O. The van der Waals surface area contributed by atoms with Crippen LogP contribution in [0.15, 0.2) is 18.8 Å². The zero-order chi connectivity index (χ0) is 13.2. The van der Waals surface area contributed by atoms with Crippen LogP contribution in [0.2, 0.25) is 0 Å². The van der Waals surface area contributed by atoms with Crippen molar-refractivity contribution in [2.24, 2.45) is 0 Å². The molecule has 0 aliphatic heterocycles. The van der Waals surface area contributed by atoms with E-state index in [2.05, 4.69) is 11.6 Å². The van der Waals surface area contributed by atoms with Gasteiger partial charge in [0, 0.05) is 18.8 Å².